The van der Waals surface area contributed by atoms with Crippen molar-refractivity contribution in [2.24, 2.45) is 11.8 Å². The summed E-state index contributed by atoms with van der Waals surface area (Å²) in [6, 6.07) is 0. The van der Waals surface area contributed by atoms with E-state index in [1.54, 1.807) is 0 Å². The van der Waals surface area contributed by atoms with E-state index in [2.05, 4.69) is 27.7 Å². The molecule has 0 aromatic carbocycles. The van der Waals surface area contributed by atoms with E-state index in [1.807, 2.05) is 0 Å². The molecule has 0 spiro atoms. The Morgan fingerprint density at radius 3 is 1.92 bits per heavy atom. The molecule has 0 amide bonds. The Morgan fingerprint density at radius 2 is 1.58 bits per heavy atom. The predicted molar refractivity (Wildman–Crippen MR) is 54.2 cm³/mol. The SMILES string of the molecule is CCC(C)CC(CC)C(O)CC. The van der Waals surface area contributed by atoms with Crippen molar-refractivity contribution in [3.05, 3.63) is 0 Å². The molecule has 0 aliphatic heterocycles. The molecule has 0 radical (unpaired) electrons. The minimum absolute atomic E-state index is 0.0796. The summed E-state index contributed by atoms with van der Waals surface area (Å²) in [5.74, 6) is 1.28. The van der Waals surface area contributed by atoms with Gasteiger partial charge in [0, 0.05) is 0 Å². The van der Waals surface area contributed by atoms with Crippen LogP contribution in [0.1, 0.15) is 53.4 Å². The van der Waals surface area contributed by atoms with E-state index in [-0.39, 0.29) is 6.10 Å². The smallest absolute Gasteiger partial charge is 0.0565 e. The van der Waals surface area contributed by atoms with E-state index in [9.17, 15) is 5.11 Å². The number of aliphatic hydroxyl groups is 1. The van der Waals surface area contributed by atoms with Crippen molar-refractivity contribution in [1.82, 2.24) is 0 Å². The van der Waals surface area contributed by atoms with Crippen LogP contribution in [0.15, 0.2) is 0 Å². The molecule has 0 aromatic rings. The average molecular weight is 172 g/mol. The van der Waals surface area contributed by atoms with E-state index < -0.39 is 0 Å². The van der Waals surface area contributed by atoms with Gasteiger partial charge in [0.05, 0.1) is 6.10 Å². The summed E-state index contributed by atoms with van der Waals surface area (Å²) in [7, 11) is 0. The molecule has 1 N–H and O–H groups in total. The Kier molecular flexibility index (Phi) is 6.45. The summed E-state index contributed by atoms with van der Waals surface area (Å²) < 4.78 is 0. The van der Waals surface area contributed by atoms with Crippen molar-refractivity contribution in [1.29, 1.82) is 0 Å². The van der Waals surface area contributed by atoms with Crippen LogP contribution in [0.25, 0.3) is 0 Å². The molecule has 0 aromatic heterocycles. The highest BCUT2D eigenvalue weighted by molar-refractivity contribution is 4.68. The van der Waals surface area contributed by atoms with Crippen LogP contribution in [-0.4, -0.2) is 11.2 Å². The van der Waals surface area contributed by atoms with Gasteiger partial charge in [-0.1, -0.05) is 40.5 Å². The van der Waals surface area contributed by atoms with Crippen LogP contribution in [0.5, 0.6) is 0 Å². The van der Waals surface area contributed by atoms with Gasteiger partial charge in [-0.3, -0.25) is 0 Å². The first-order chi connectivity index (χ1) is 5.65. The Balaban J connectivity index is 3.81. The predicted octanol–water partition coefficient (Wildman–Crippen LogP) is 3.22. The van der Waals surface area contributed by atoms with Crippen LogP contribution < -0.4 is 0 Å². The molecule has 0 saturated heterocycles. The minimum Gasteiger partial charge on any atom is -0.393 e. The normalized spacial score (nSPS) is 18.8. The van der Waals surface area contributed by atoms with E-state index in [4.69, 9.17) is 0 Å². The van der Waals surface area contributed by atoms with Gasteiger partial charge in [-0.15, -0.1) is 0 Å². The average Bonchev–Trinajstić information content (AvgIpc) is 2.12. The number of hydrogen-bond acceptors (Lipinski definition) is 1. The molecule has 0 fully saturated rings. The first-order valence-corrected chi connectivity index (χ1v) is 5.33. The number of hydrogen-bond donors (Lipinski definition) is 1. The van der Waals surface area contributed by atoms with Crippen LogP contribution in [-0.2, 0) is 0 Å². The van der Waals surface area contributed by atoms with Gasteiger partial charge < -0.3 is 5.11 Å². The van der Waals surface area contributed by atoms with Crippen LogP contribution in [0, 0.1) is 11.8 Å². The Hall–Kier alpha value is -0.0400. The second kappa shape index (κ2) is 6.47. The maximum Gasteiger partial charge on any atom is 0.0565 e. The van der Waals surface area contributed by atoms with Crippen molar-refractivity contribution < 1.29 is 5.11 Å². The Labute approximate surface area is 77.2 Å². The lowest BCUT2D eigenvalue weighted by Crippen LogP contribution is -2.20. The number of rotatable bonds is 6. The van der Waals surface area contributed by atoms with Crippen molar-refractivity contribution in [2.75, 3.05) is 0 Å². The molecule has 3 atom stereocenters. The molecule has 3 unspecified atom stereocenters. The third-order valence-corrected chi connectivity index (χ3v) is 2.89. The summed E-state index contributed by atoms with van der Waals surface area (Å²) in [6.45, 7) is 8.72. The first-order valence-electron chi connectivity index (χ1n) is 5.33. The lowest BCUT2D eigenvalue weighted by Gasteiger charge is -2.23. The molecular weight excluding hydrogens is 148 g/mol. The number of aliphatic hydroxyl groups excluding tert-OH is 1. The Bertz CT molecular complexity index is 101. The first kappa shape index (κ1) is 12.0. The van der Waals surface area contributed by atoms with Gasteiger partial charge >= 0.3 is 0 Å². The second-order valence-corrected chi connectivity index (χ2v) is 3.89. The zero-order valence-corrected chi connectivity index (χ0v) is 9.01. The Morgan fingerprint density at radius 1 is 1.00 bits per heavy atom. The summed E-state index contributed by atoms with van der Waals surface area (Å²) in [5.41, 5.74) is 0. The van der Waals surface area contributed by atoms with E-state index >= 15 is 0 Å². The molecule has 0 heterocycles. The third kappa shape index (κ3) is 4.10. The summed E-state index contributed by atoms with van der Waals surface area (Å²) in [4.78, 5) is 0. The molecule has 1 heteroatoms. The molecular formula is C11H24O. The monoisotopic (exact) mass is 172 g/mol. The fraction of sp³-hybridized carbons (Fsp3) is 1.00. The summed E-state index contributed by atoms with van der Waals surface area (Å²) >= 11 is 0. The standard InChI is InChI=1S/C11H24O/c1-5-9(4)8-10(6-2)11(12)7-3/h9-12H,5-8H2,1-4H3. The van der Waals surface area contributed by atoms with Gasteiger partial charge in [0.2, 0.25) is 0 Å². The van der Waals surface area contributed by atoms with Gasteiger partial charge in [-0.25, -0.2) is 0 Å². The van der Waals surface area contributed by atoms with Gasteiger partial charge in [-0.2, -0.15) is 0 Å². The highest BCUT2D eigenvalue weighted by Crippen LogP contribution is 2.22. The molecule has 0 aliphatic carbocycles. The molecule has 0 saturated carbocycles. The van der Waals surface area contributed by atoms with Crippen LogP contribution in [0.3, 0.4) is 0 Å². The molecule has 1 nitrogen and oxygen atoms in total. The maximum absolute atomic E-state index is 9.66. The fourth-order valence-corrected chi connectivity index (χ4v) is 1.61. The highest BCUT2D eigenvalue weighted by atomic mass is 16.3. The molecule has 0 aliphatic rings. The van der Waals surface area contributed by atoms with Gasteiger partial charge in [0.25, 0.3) is 0 Å². The van der Waals surface area contributed by atoms with Gasteiger partial charge in [0.1, 0.15) is 0 Å². The highest BCUT2D eigenvalue weighted by Gasteiger charge is 2.17. The van der Waals surface area contributed by atoms with Gasteiger partial charge in [0.15, 0.2) is 0 Å². The van der Waals surface area contributed by atoms with E-state index in [0.29, 0.717) is 5.92 Å². The lowest BCUT2D eigenvalue weighted by atomic mass is 9.87. The zero-order chi connectivity index (χ0) is 9.56. The van der Waals surface area contributed by atoms with E-state index in [1.165, 1.54) is 12.8 Å². The lowest BCUT2D eigenvalue weighted by molar-refractivity contribution is 0.0871. The van der Waals surface area contributed by atoms with E-state index in [0.717, 1.165) is 18.8 Å². The zero-order valence-electron chi connectivity index (χ0n) is 9.01. The minimum atomic E-state index is -0.0796. The van der Waals surface area contributed by atoms with Gasteiger partial charge in [-0.05, 0) is 24.7 Å². The topological polar surface area (TPSA) is 20.2 Å². The van der Waals surface area contributed by atoms with Crippen LogP contribution in [0.2, 0.25) is 0 Å². The fourth-order valence-electron chi connectivity index (χ4n) is 1.61. The second-order valence-electron chi connectivity index (χ2n) is 3.89. The molecule has 0 bridgehead atoms. The van der Waals surface area contributed by atoms with Crippen LogP contribution in [0.4, 0.5) is 0 Å². The quantitative estimate of drug-likeness (QED) is 0.652. The van der Waals surface area contributed by atoms with Crippen molar-refractivity contribution >= 4 is 0 Å². The summed E-state index contributed by atoms with van der Waals surface area (Å²) in [6.07, 6.45) is 4.34. The largest absolute Gasteiger partial charge is 0.393 e. The van der Waals surface area contributed by atoms with Crippen molar-refractivity contribution in [3.63, 3.8) is 0 Å². The maximum atomic E-state index is 9.66. The van der Waals surface area contributed by atoms with Crippen molar-refractivity contribution in [3.8, 4) is 0 Å². The molecule has 12 heavy (non-hydrogen) atoms. The van der Waals surface area contributed by atoms with Crippen LogP contribution >= 0.6 is 0 Å². The third-order valence-electron chi connectivity index (χ3n) is 2.89. The molecule has 74 valence electrons. The molecule has 0 rings (SSSR count). The van der Waals surface area contributed by atoms with Crippen molar-refractivity contribution in [2.45, 2.75) is 59.5 Å². The summed E-state index contributed by atoms with van der Waals surface area (Å²) in [5, 5.41) is 9.66.